The molecule has 0 bridgehead atoms. The van der Waals surface area contributed by atoms with Crippen LogP contribution in [0.15, 0.2) is 47.7 Å². The van der Waals surface area contributed by atoms with Gasteiger partial charge in [0.15, 0.2) is 12.3 Å². The van der Waals surface area contributed by atoms with E-state index in [9.17, 15) is 19.2 Å². The maximum Gasteiger partial charge on any atom is 0.339 e. The molecular formula is C23H25NO7. The highest BCUT2D eigenvalue weighted by molar-refractivity contribution is 5.93. The van der Waals surface area contributed by atoms with Crippen molar-refractivity contribution in [3.05, 3.63) is 53.3 Å². The topological polar surface area (TPSA) is 99.2 Å². The molecule has 2 saturated heterocycles. The fourth-order valence-corrected chi connectivity index (χ4v) is 3.15. The number of hydrogen-bond acceptors (Lipinski definition) is 7. The molecular weight excluding hydrogens is 402 g/mol. The van der Waals surface area contributed by atoms with Gasteiger partial charge in [0.2, 0.25) is 12.7 Å². The molecule has 0 saturated carbocycles. The zero-order valence-corrected chi connectivity index (χ0v) is 17.7. The fraction of sp³-hybridized carbons (Fsp3) is 0.391. The van der Waals surface area contributed by atoms with E-state index in [0.717, 1.165) is 5.56 Å². The SMILES string of the molecule is CC(C)(C)C(=O)OCOC(=O)C1C(=C(C=O)CC=Cc2ccccc2)O[C@@H]2CC(=O)N12. The van der Waals surface area contributed by atoms with Crippen LogP contribution in [0, 0.1) is 5.41 Å². The lowest BCUT2D eigenvalue weighted by Crippen LogP contribution is -2.55. The summed E-state index contributed by atoms with van der Waals surface area (Å²) < 4.78 is 15.7. The summed E-state index contributed by atoms with van der Waals surface area (Å²) in [5, 5.41) is 0. The van der Waals surface area contributed by atoms with Crippen LogP contribution in [0.1, 0.15) is 39.2 Å². The van der Waals surface area contributed by atoms with Crippen molar-refractivity contribution in [3.8, 4) is 0 Å². The number of hydrogen-bond donors (Lipinski definition) is 0. The van der Waals surface area contributed by atoms with Gasteiger partial charge in [-0.25, -0.2) is 4.79 Å². The van der Waals surface area contributed by atoms with Crippen LogP contribution in [0.2, 0.25) is 0 Å². The number of aldehydes is 1. The number of β-lactam (4-membered cyclic amide) rings is 1. The first-order valence-electron chi connectivity index (χ1n) is 9.94. The maximum absolute atomic E-state index is 12.7. The van der Waals surface area contributed by atoms with Crippen LogP contribution in [-0.4, -0.2) is 48.1 Å². The predicted octanol–water partition coefficient (Wildman–Crippen LogP) is 2.59. The smallest absolute Gasteiger partial charge is 0.339 e. The Morgan fingerprint density at radius 1 is 1.19 bits per heavy atom. The van der Waals surface area contributed by atoms with Gasteiger partial charge < -0.3 is 14.2 Å². The molecule has 0 aromatic heterocycles. The number of rotatable bonds is 7. The highest BCUT2D eigenvalue weighted by Gasteiger charge is 2.55. The standard InChI is InChI=1S/C23H25NO7/c1-23(2,3)22(28)30-14-29-21(27)19-20(31-18-12-17(26)24(18)19)16(13-25)11-7-10-15-8-5-4-6-9-15/h4-10,13,18-19H,11-12,14H2,1-3H3/t18-,19?/m1/s1. The molecule has 2 atom stereocenters. The minimum absolute atomic E-state index is 0.0932. The van der Waals surface area contributed by atoms with Gasteiger partial charge in [-0.15, -0.1) is 0 Å². The van der Waals surface area contributed by atoms with Gasteiger partial charge in [-0.1, -0.05) is 42.5 Å². The molecule has 2 aliphatic heterocycles. The number of ether oxygens (including phenoxy) is 3. The van der Waals surface area contributed by atoms with Crippen molar-refractivity contribution in [2.75, 3.05) is 6.79 Å². The van der Waals surface area contributed by atoms with Crippen molar-refractivity contribution in [1.29, 1.82) is 0 Å². The number of esters is 2. The average molecular weight is 427 g/mol. The zero-order valence-electron chi connectivity index (χ0n) is 17.7. The van der Waals surface area contributed by atoms with Gasteiger partial charge in [0, 0.05) is 5.57 Å². The Labute approximate surface area is 180 Å². The molecule has 0 spiro atoms. The van der Waals surface area contributed by atoms with E-state index in [-0.39, 0.29) is 30.1 Å². The van der Waals surface area contributed by atoms with Gasteiger partial charge in [-0.3, -0.25) is 19.3 Å². The summed E-state index contributed by atoms with van der Waals surface area (Å²) in [6, 6.07) is 8.35. The molecule has 0 radical (unpaired) electrons. The first-order chi connectivity index (χ1) is 14.7. The molecule has 2 heterocycles. The largest absolute Gasteiger partial charge is 0.471 e. The Morgan fingerprint density at radius 3 is 2.52 bits per heavy atom. The normalized spacial score (nSPS) is 21.8. The summed E-state index contributed by atoms with van der Waals surface area (Å²) in [6.07, 6.45) is 3.97. The molecule has 0 aliphatic carbocycles. The Hall–Kier alpha value is -3.42. The van der Waals surface area contributed by atoms with Crippen molar-refractivity contribution in [3.63, 3.8) is 0 Å². The molecule has 0 N–H and O–H groups in total. The van der Waals surface area contributed by atoms with Crippen LogP contribution in [0.25, 0.3) is 6.08 Å². The van der Waals surface area contributed by atoms with E-state index in [4.69, 9.17) is 14.2 Å². The van der Waals surface area contributed by atoms with E-state index in [1.807, 2.05) is 36.4 Å². The van der Waals surface area contributed by atoms with E-state index in [0.29, 0.717) is 6.29 Å². The summed E-state index contributed by atoms with van der Waals surface area (Å²) in [5.74, 6) is -1.54. The third-order valence-corrected chi connectivity index (χ3v) is 4.87. The second-order valence-corrected chi connectivity index (χ2v) is 8.27. The maximum atomic E-state index is 12.7. The van der Waals surface area contributed by atoms with Crippen LogP contribution in [-0.2, 0) is 33.4 Å². The van der Waals surface area contributed by atoms with Crippen molar-refractivity contribution in [1.82, 2.24) is 4.90 Å². The first-order valence-corrected chi connectivity index (χ1v) is 9.94. The number of carbonyl (C=O) groups excluding carboxylic acids is 4. The number of fused-ring (bicyclic) bond motifs is 1. The highest BCUT2D eigenvalue weighted by atomic mass is 16.7. The van der Waals surface area contributed by atoms with Gasteiger partial charge in [-0.2, -0.15) is 0 Å². The first kappa shape index (κ1) is 22.3. The Morgan fingerprint density at radius 2 is 1.90 bits per heavy atom. The molecule has 2 aliphatic rings. The monoisotopic (exact) mass is 427 g/mol. The van der Waals surface area contributed by atoms with Gasteiger partial charge in [0.05, 0.1) is 11.8 Å². The Bertz CT molecular complexity index is 927. The molecule has 1 amide bonds. The minimum Gasteiger partial charge on any atom is -0.471 e. The van der Waals surface area contributed by atoms with Gasteiger partial charge in [-0.05, 0) is 32.8 Å². The quantitative estimate of drug-likeness (QED) is 0.217. The second kappa shape index (κ2) is 9.16. The van der Waals surface area contributed by atoms with Crippen LogP contribution < -0.4 is 0 Å². The molecule has 31 heavy (non-hydrogen) atoms. The molecule has 2 fully saturated rings. The number of amides is 1. The van der Waals surface area contributed by atoms with Gasteiger partial charge in [0.25, 0.3) is 0 Å². The van der Waals surface area contributed by atoms with E-state index in [2.05, 4.69) is 0 Å². The summed E-state index contributed by atoms with van der Waals surface area (Å²) in [7, 11) is 0. The Kier molecular flexibility index (Phi) is 6.58. The zero-order chi connectivity index (χ0) is 22.6. The van der Waals surface area contributed by atoms with Gasteiger partial charge in [0.1, 0.15) is 12.0 Å². The summed E-state index contributed by atoms with van der Waals surface area (Å²) in [4.78, 5) is 49.5. The molecule has 8 heteroatoms. The van der Waals surface area contributed by atoms with Crippen molar-refractivity contribution in [2.24, 2.45) is 5.41 Å². The van der Waals surface area contributed by atoms with Crippen LogP contribution >= 0.6 is 0 Å². The number of carbonyl (C=O) groups is 4. The lowest BCUT2D eigenvalue weighted by molar-refractivity contribution is -0.179. The average Bonchev–Trinajstić information content (AvgIpc) is 3.04. The summed E-state index contributed by atoms with van der Waals surface area (Å²) >= 11 is 0. The summed E-state index contributed by atoms with van der Waals surface area (Å²) in [5.41, 5.74) is 0.450. The molecule has 164 valence electrons. The number of benzene rings is 1. The highest BCUT2D eigenvalue weighted by Crippen LogP contribution is 2.38. The van der Waals surface area contributed by atoms with E-state index in [1.54, 1.807) is 26.8 Å². The number of allylic oxidation sites excluding steroid dienone is 2. The van der Waals surface area contributed by atoms with E-state index >= 15 is 0 Å². The van der Waals surface area contributed by atoms with Crippen molar-refractivity contribution in [2.45, 2.75) is 45.9 Å². The second-order valence-electron chi connectivity index (χ2n) is 8.27. The van der Waals surface area contributed by atoms with E-state index in [1.165, 1.54) is 4.90 Å². The molecule has 1 aromatic carbocycles. The third kappa shape index (κ3) is 5.02. The Balaban J connectivity index is 1.73. The van der Waals surface area contributed by atoms with Crippen LogP contribution in [0.5, 0.6) is 0 Å². The third-order valence-electron chi connectivity index (χ3n) is 4.87. The van der Waals surface area contributed by atoms with Gasteiger partial charge >= 0.3 is 11.9 Å². The fourth-order valence-electron chi connectivity index (χ4n) is 3.15. The molecule has 1 unspecified atom stereocenters. The predicted molar refractivity (Wildman–Crippen MR) is 110 cm³/mol. The van der Waals surface area contributed by atoms with Crippen molar-refractivity contribution < 1.29 is 33.4 Å². The number of nitrogens with zero attached hydrogens (tertiary/aromatic N) is 1. The van der Waals surface area contributed by atoms with Crippen LogP contribution in [0.4, 0.5) is 0 Å². The molecule has 1 aromatic rings. The molecule has 3 rings (SSSR count). The van der Waals surface area contributed by atoms with Crippen molar-refractivity contribution >= 4 is 30.2 Å². The minimum atomic E-state index is -1.18. The van der Waals surface area contributed by atoms with E-state index < -0.39 is 36.4 Å². The molecule has 8 nitrogen and oxygen atoms in total. The van der Waals surface area contributed by atoms with Crippen LogP contribution in [0.3, 0.4) is 0 Å². The summed E-state index contributed by atoms with van der Waals surface area (Å²) in [6.45, 7) is 4.43. The lowest BCUT2D eigenvalue weighted by atomic mass is 9.98. The lowest BCUT2D eigenvalue weighted by Gasteiger charge is -2.33.